The fourth-order valence-corrected chi connectivity index (χ4v) is 2.89. The number of hydrogen-bond acceptors (Lipinski definition) is 3. The molecule has 0 spiro atoms. The zero-order chi connectivity index (χ0) is 14.8. The van der Waals surface area contributed by atoms with Gasteiger partial charge in [0.25, 0.3) is 0 Å². The number of amides is 2. The summed E-state index contributed by atoms with van der Waals surface area (Å²) in [5.74, 6) is 0.638. The van der Waals surface area contributed by atoms with Gasteiger partial charge in [0.15, 0.2) is 0 Å². The molecule has 4 N–H and O–H groups in total. The van der Waals surface area contributed by atoms with Gasteiger partial charge in [-0.1, -0.05) is 12.1 Å². The van der Waals surface area contributed by atoms with Crippen LogP contribution in [0.15, 0.2) is 24.3 Å². The number of benzene rings is 1. The molecule has 1 saturated heterocycles. The zero-order valence-corrected chi connectivity index (χ0v) is 12.3. The SMILES string of the molecule is CC(N)c1cccc(NC(=O)NC2CCOC2C2CC2)c1. The maximum absolute atomic E-state index is 12.1. The highest BCUT2D eigenvalue weighted by atomic mass is 16.5. The Hall–Kier alpha value is -1.59. The van der Waals surface area contributed by atoms with Gasteiger partial charge in [-0.3, -0.25) is 0 Å². The molecule has 0 radical (unpaired) electrons. The number of nitrogens with two attached hydrogens (primary N) is 1. The molecule has 2 aliphatic rings. The van der Waals surface area contributed by atoms with Crippen LogP contribution in [0.4, 0.5) is 10.5 Å². The molecule has 3 atom stereocenters. The minimum atomic E-state index is -0.169. The molecule has 0 aromatic heterocycles. The Morgan fingerprint density at radius 1 is 1.38 bits per heavy atom. The van der Waals surface area contributed by atoms with Crippen molar-refractivity contribution in [2.75, 3.05) is 11.9 Å². The summed E-state index contributed by atoms with van der Waals surface area (Å²) in [4.78, 5) is 12.1. The van der Waals surface area contributed by atoms with Crippen LogP contribution in [0.5, 0.6) is 0 Å². The lowest BCUT2D eigenvalue weighted by molar-refractivity contribution is 0.0829. The highest BCUT2D eigenvalue weighted by Gasteiger charge is 2.41. The van der Waals surface area contributed by atoms with E-state index in [2.05, 4.69) is 10.6 Å². The molecule has 1 heterocycles. The molecule has 3 unspecified atom stereocenters. The van der Waals surface area contributed by atoms with E-state index in [1.165, 1.54) is 12.8 Å². The Balaban J connectivity index is 1.57. The first kappa shape index (κ1) is 14.4. The van der Waals surface area contributed by atoms with Crippen molar-refractivity contribution < 1.29 is 9.53 Å². The zero-order valence-electron chi connectivity index (χ0n) is 12.3. The predicted molar refractivity (Wildman–Crippen MR) is 82.1 cm³/mol. The molecule has 1 aromatic carbocycles. The third-order valence-corrected chi connectivity index (χ3v) is 4.21. The van der Waals surface area contributed by atoms with Crippen LogP contribution in [-0.2, 0) is 4.74 Å². The molecule has 1 aliphatic carbocycles. The number of carbonyl (C=O) groups excluding carboxylic acids is 1. The number of hydrogen-bond donors (Lipinski definition) is 3. The van der Waals surface area contributed by atoms with Gasteiger partial charge < -0.3 is 21.1 Å². The number of nitrogens with one attached hydrogen (secondary N) is 2. The fraction of sp³-hybridized carbons (Fsp3) is 0.562. The number of ether oxygens (including phenoxy) is 1. The molecular weight excluding hydrogens is 266 g/mol. The van der Waals surface area contributed by atoms with E-state index in [1.807, 2.05) is 31.2 Å². The van der Waals surface area contributed by atoms with Crippen LogP contribution >= 0.6 is 0 Å². The number of anilines is 1. The number of urea groups is 1. The van der Waals surface area contributed by atoms with Gasteiger partial charge >= 0.3 is 6.03 Å². The van der Waals surface area contributed by atoms with E-state index in [0.717, 1.165) is 24.3 Å². The summed E-state index contributed by atoms with van der Waals surface area (Å²) in [6, 6.07) is 7.56. The second-order valence-electron chi connectivity index (χ2n) is 6.08. The van der Waals surface area contributed by atoms with Crippen molar-refractivity contribution in [3.8, 4) is 0 Å². The van der Waals surface area contributed by atoms with Crippen molar-refractivity contribution in [2.45, 2.75) is 44.4 Å². The number of rotatable bonds is 4. The van der Waals surface area contributed by atoms with Crippen molar-refractivity contribution in [3.05, 3.63) is 29.8 Å². The lowest BCUT2D eigenvalue weighted by atomic mass is 10.1. The molecule has 3 rings (SSSR count). The first-order chi connectivity index (χ1) is 10.1. The molecule has 114 valence electrons. The summed E-state index contributed by atoms with van der Waals surface area (Å²) < 4.78 is 5.73. The maximum Gasteiger partial charge on any atom is 0.319 e. The van der Waals surface area contributed by atoms with E-state index in [1.54, 1.807) is 0 Å². The van der Waals surface area contributed by atoms with Gasteiger partial charge in [0.05, 0.1) is 12.1 Å². The Kier molecular flexibility index (Phi) is 4.12. The monoisotopic (exact) mass is 289 g/mol. The van der Waals surface area contributed by atoms with Crippen LogP contribution in [0.2, 0.25) is 0 Å². The topological polar surface area (TPSA) is 76.4 Å². The molecule has 1 aliphatic heterocycles. The second-order valence-corrected chi connectivity index (χ2v) is 6.08. The van der Waals surface area contributed by atoms with E-state index in [0.29, 0.717) is 5.92 Å². The number of carbonyl (C=O) groups is 1. The third kappa shape index (κ3) is 3.54. The van der Waals surface area contributed by atoms with Crippen LogP contribution in [0.1, 0.15) is 37.8 Å². The normalized spacial score (nSPS) is 26.4. The molecule has 5 heteroatoms. The highest BCUT2D eigenvalue weighted by Crippen LogP contribution is 2.38. The van der Waals surface area contributed by atoms with Gasteiger partial charge in [0, 0.05) is 18.3 Å². The first-order valence-electron chi connectivity index (χ1n) is 7.68. The van der Waals surface area contributed by atoms with Crippen LogP contribution in [0, 0.1) is 5.92 Å². The molecule has 2 fully saturated rings. The summed E-state index contributed by atoms with van der Waals surface area (Å²) >= 11 is 0. The van der Waals surface area contributed by atoms with Gasteiger partial charge in [-0.25, -0.2) is 4.79 Å². The average Bonchev–Trinajstić information content (AvgIpc) is 3.19. The fourth-order valence-electron chi connectivity index (χ4n) is 2.89. The molecule has 5 nitrogen and oxygen atoms in total. The Labute approximate surface area is 125 Å². The molecular formula is C16H23N3O2. The van der Waals surface area contributed by atoms with E-state index in [4.69, 9.17) is 10.5 Å². The lowest BCUT2D eigenvalue weighted by Gasteiger charge is -2.20. The smallest absolute Gasteiger partial charge is 0.319 e. The summed E-state index contributed by atoms with van der Waals surface area (Å²) in [6.45, 7) is 2.67. The Bertz CT molecular complexity index is 514. The Morgan fingerprint density at radius 2 is 2.19 bits per heavy atom. The predicted octanol–water partition coefficient (Wildman–Crippen LogP) is 2.40. The van der Waals surface area contributed by atoms with Crippen LogP contribution in [-0.4, -0.2) is 24.8 Å². The molecule has 0 bridgehead atoms. The van der Waals surface area contributed by atoms with Crippen LogP contribution < -0.4 is 16.4 Å². The van der Waals surface area contributed by atoms with E-state index >= 15 is 0 Å². The van der Waals surface area contributed by atoms with E-state index in [-0.39, 0.29) is 24.2 Å². The minimum absolute atomic E-state index is 0.0442. The summed E-state index contributed by atoms with van der Waals surface area (Å²) in [7, 11) is 0. The van der Waals surface area contributed by atoms with Crippen molar-refractivity contribution in [2.24, 2.45) is 11.7 Å². The summed E-state index contributed by atoms with van der Waals surface area (Å²) in [5.41, 5.74) is 7.63. The maximum atomic E-state index is 12.1. The van der Waals surface area contributed by atoms with E-state index in [9.17, 15) is 4.79 Å². The summed E-state index contributed by atoms with van der Waals surface area (Å²) in [6.07, 6.45) is 3.54. The van der Waals surface area contributed by atoms with Gasteiger partial charge in [-0.2, -0.15) is 0 Å². The second kappa shape index (κ2) is 6.03. The lowest BCUT2D eigenvalue weighted by Crippen LogP contribution is -2.43. The van der Waals surface area contributed by atoms with Crippen molar-refractivity contribution in [1.29, 1.82) is 0 Å². The van der Waals surface area contributed by atoms with Crippen molar-refractivity contribution >= 4 is 11.7 Å². The van der Waals surface area contributed by atoms with Crippen LogP contribution in [0.3, 0.4) is 0 Å². The molecule has 1 aromatic rings. The van der Waals surface area contributed by atoms with Gasteiger partial charge in [-0.15, -0.1) is 0 Å². The Morgan fingerprint density at radius 3 is 2.90 bits per heavy atom. The first-order valence-corrected chi connectivity index (χ1v) is 7.68. The molecule has 2 amide bonds. The van der Waals surface area contributed by atoms with Crippen molar-refractivity contribution in [3.63, 3.8) is 0 Å². The third-order valence-electron chi connectivity index (χ3n) is 4.21. The average molecular weight is 289 g/mol. The standard InChI is InChI=1S/C16H23N3O2/c1-10(17)12-3-2-4-13(9-12)18-16(20)19-14-7-8-21-15(14)11-5-6-11/h2-4,9-11,14-15H,5-8,17H2,1H3,(H2,18,19,20). The molecule has 21 heavy (non-hydrogen) atoms. The summed E-state index contributed by atoms with van der Waals surface area (Å²) in [5, 5.41) is 5.92. The largest absolute Gasteiger partial charge is 0.376 e. The molecule has 1 saturated carbocycles. The van der Waals surface area contributed by atoms with E-state index < -0.39 is 0 Å². The van der Waals surface area contributed by atoms with Gasteiger partial charge in [0.1, 0.15) is 0 Å². The quantitative estimate of drug-likeness (QED) is 0.796. The van der Waals surface area contributed by atoms with Gasteiger partial charge in [-0.05, 0) is 49.8 Å². The minimum Gasteiger partial charge on any atom is -0.376 e. The van der Waals surface area contributed by atoms with Crippen molar-refractivity contribution in [1.82, 2.24) is 5.32 Å². The van der Waals surface area contributed by atoms with Crippen LogP contribution in [0.25, 0.3) is 0 Å². The highest BCUT2D eigenvalue weighted by molar-refractivity contribution is 5.89. The van der Waals surface area contributed by atoms with Gasteiger partial charge in [0.2, 0.25) is 0 Å².